The summed E-state index contributed by atoms with van der Waals surface area (Å²) in [4.78, 5) is 11.5. The molecule has 2 atom stereocenters. The molecule has 2 unspecified atom stereocenters. The Labute approximate surface area is 94.1 Å². The van der Waals surface area contributed by atoms with E-state index in [0.717, 1.165) is 0 Å². The van der Waals surface area contributed by atoms with Gasteiger partial charge in [0, 0.05) is 0 Å². The van der Waals surface area contributed by atoms with Gasteiger partial charge in [0.15, 0.2) is 0 Å². The lowest BCUT2D eigenvalue weighted by molar-refractivity contribution is -0.157. The van der Waals surface area contributed by atoms with Crippen molar-refractivity contribution >= 4 is 5.97 Å². The van der Waals surface area contributed by atoms with Crippen LogP contribution in [0, 0.1) is 29.1 Å². The minimum atomic E-state index is -0.662. The summed E-state index contributed by atoms with van der Waals surface area (Å²) >= 11 is 0. The first-order valence-electron chi connectivity index (χ1n) is 5.89. The largest absolute Gasteiger partial charge is 0.481 e. The molecule has 15 heavy (non-hydrogen) atoms. The summed E-state index contributed by atoms with van der Waals surface area (Å²) in [5.74, 6) is 0.504. The highest BCUT2D eigenvalue weighted by atomic mass is 16.4. The van der Waals surface area contributed by atoms with Crippen molar-refractivity contribution in [1.82, 2.24) is 0 Å². The van der Waals surface area contributed by atoms with Crippen molar-refractivity contribution in [2.45, 2.75) is 48.5 Å². The van der Waals surface area contributed by atoms with Crippen LogP contribution >= 0.6 is 0 Å². The molecule has 0 heterocycles. The van der Waals surface area contributed by atoms with Gasteiger partial charge in [0.2, 0.25) is 0 Å². The number of hydrogen-bond acceptors (Lipinski definition) is 1. The zero-order chi connectivity index (χ0) is 12.4. The topological polar surface area (TPSA) is 37.3 Å². The maximum absolute atomic E-state index is 11.5. The third-order valence-electron chi connectivity index (χ3n) is 4.35. The maximum Gasteiger partial charge on any atom is 0.309 e. The molecular weight excluding hydrogens is 188 g/mol. The molecule has 0 rings (SSSR count). The highest BCUT2D eigenvalue weighted by Crippen LogP contribution is 2.42. The van der Waals surface area contributed by atoms with E-state index in [2.05, 4.69) is 41.5 Å². The highest BCUT2D eigenvalue weighted by molar-refractivity contribution is 5.75. The van der Waals surface area contributed by atoms with Crippen molar-refractivity contribution in [1.29, 1.82) is 0 Å². The number of rotatable bonds is 5. The average Bonchev–Trinajstić information content (AvgIpc) is 2.13. The Morgan fingerprint density at radius 2 is 1.20 bits per heavy atom. The summed E-state index contributed by atoms with van der Waals surface area (Å²) in [5, 5.41) is 9.47. The van der Waals surface area contributed by atoms with Gasteiger partial charge in [-0.2, -0.15) is 0 Å². The molecule has 2 nitrogen and oxygen atoms in total. The fraction of sp³-hybridized carbons (Fsp3) is 0.923. The van der Waals surface area contributed by atoms with Crippen LogP contribution in [0.1, 0.15) is 48.5 Å². The zero-order valence-electron chi connectivity index (χ0n) is 11.2. The van der Waals surface area contributed by atoms with Crippen molar-refractivity contribution in [3.63, 3.8) is 0 Å². The van der Waals surface area contributed by atoms with E-state index in [0.29, 0.717) is 11.8 Å². The Kier molecular flexibility index (Phi) is 4.82. The van der Waals surface area contributed by atoms with Gasteiger partial charge in [0.05, 0.1) is 5.41 Å². The standard InChI is InChI=1S/C13H26O2/c1-8(2)10(5)13(7,12(14)15)11(6)9(3)4/h8-11H,1-7H3,(H,14,15). The van der Waals surface area contributed by atoms with Crippen LogP contribution in [0.4, 0.5) is 0 Å². The molecule has 0 aliphatic heterocycles. The second kappa shape index (κ2) is 5.00. The van der Waals surface area contributed by atoms with E-state index in [-0.39, 0.29) is 11.8 Å². The van der Waals surface area contributed by atoms with Gasteiger partial charge < -0.3 is 5.11 Å². The first kappa shape index (κ1) is 14.5. The van der Waals surface area contributed by atoms with Crippen molar-refractivity contribution in [2.75, 3.05) is 0 Å². The van der Waals surface area contributed by atoms with Gasteiger partial charge in [-0.1, -0.05) is 41.5 Å². The van der Waals surface area contributed by atoms with Crippen LogP contribution < -0.4 is 0 Å². The van der Waals surface area contributed by atoms with E-state index >= 15 is 0 Å². The Balaban J connectivity index is 5.15. The van der Waals surface area contributed by atoms with Crippen LogP contribution in [0.5, 0.6) is 0 Å². The van der Waals surface area contributed by atoms with Crippen molar-refractivity contribution in [2.24, 2.45) is 29.1 Å². The van der Waals surface area contributed by atoms with Crippen molar-refractivity contribution < 1.29 is 9.90 Å². The number of hydrogen-bond donors (Lipinski definition) is 1. The summed E-state index contributed by atoms with van der Waals surface area (Å²) < 4.78 is 0. The number of carbonyl (C=O) groups is 1. The molecule has 90 valence electrons. The lowest BCUT2D eigenvalue weighted by Gasteiger charge is -2.41. The third kappa shape index (κ3) is 2.73. The highest BCUT2D eigenvalue weighted by Gasteiger charge is 2.45. The molecule has 0 aromatic heterocycles. The van der Waals surface area contributed by atoms with Crippen molar-refractivity contribution in [3.05, 3.63) is 0 Å². The fourth-order valence-corrected chi connectivity index (χ4v) is 2.19. The van der Waals surface area contributed by atoms with Gasteiger partial charge in [-0.15, -0.1) is 0 Å². The minimum Gasteiger partial charge on any atom is -0.481 e. The molecule has 0 bridgehead atoms. The number of carboxylic acids is 1. The van der Waals surface area contributed by atoms with E-state index in [9.17, 15) is 9.90 Å². The lowest BCUT2D eigenvalue weighted by Crippen LogP contribution is -2.44. The van der Waals surface area contributed by atoms with Gasteiger partial charge in [-0.25, -0.2) is 0 Å². The van der Waals surface area contributed by atoms with Crippen molar-refractivity contribution in [3.8, 4) is 0 Å². The second-order valence-electron chi connectivity index (χ2n) is 5.65. The fourth-order valence-electron chi connectivity index (χ4n) is 2.19. The van der Waals surface area contributed by atoms with E-state index in [1.165, 1.54) is 0 Å². The van der Waals surface area contributed by atoms with Crippen LogP contribution in [0.3, 0.4) is 0 Å². The molecule has 0 fully saturated rings. The smallest absolute Gasteiger partial charge is 0.309 e. The Bertz CT molecular complexity index is 205. The minimum absolute atomic E-state index is 0.187. The second-order valence-corrected chi connectivity index (χ2v) is 5.65. The first-order valence-corrected chi connectivity index (χ1v) is 5.89. The van der Waals surface area contributed by atoms with Crippen LogP contribution in [-0.4, -0.2) is 11.1 Å². The summed E-state index contributed by atoms with van der Waals surface area (Å²) in [5.41, 5.74) is -0.623. The molecule has 1 N–H and O–H groups in total. The molecule has 0 radical (unpaired) electrons. The number of carboxylic acid groups (broad SMARTS) is 1. The monoisotopic (exact) mass is 214 g/mol. The van der Waals surface area contributed by atoms with E-state index < -0.39 is 11.4 Å². The third-order valence-corrected chi connectivity index (χ3v) is 4.35. The first-order chi connectivity index (χ1) is 6.65. The quantitative estimate of drug-likeness (QED) is 0.758. The van der Waals surface area contributed by atoms with Gasteiger partial charge >= 0.3 is 5.97 Å². The molecule has 0 aliphatic rings. The SMILES string of the molecule is CC(C)C(C)C(C)(C(=O)O)C(C)C(C)C. The van der Waals surface area contributed by atoms with E-state index in [1.54, 1.807) is 0 Å². The molecule has 0 aliphatic carbocycles. The van der Waals surface area contributed by atoms with Gasteiger partial charge in [0.25, 0.3) is 0 Å². The zero-order valence-corrected chi connectivity index (χ0v) is 11.2. The predicted molar refractivity (Wildman–Crippen MR) is 63.7 cm³/mol. The molecule has 0 aromatic carbocycles. The number of aliphatic carboxylic acids is 1. The van der Waals surface area contributed by atoms with Crippen LogP contribution in [0.15, 0.2) is 0 Å². The van der Waals surface area contributed by atoms with Crippen LogP contribution in [-0.2, 0) is 4.79 Å². The lowest BCUT2D eigenvalue weighted by atomic mass is 9.62. The Hall–Kier alpha value is -0.530. The van der Waals surface area contributed by atoms with E-state index in [1.807, 2.05) is 6.92 Å². The molecule has 0 saturated heterocycles. The normalized spacial score (nSPS) is 20.1. The van der Waals surface area contributed by atoms with Crippen LogP contribution in [0.2, 0.25) is 0 Å². The maximum atomic E-state index is 11.5. The van der Waals surface area contributed by atoms with Gasteiger partial charge in [0.1, 0.15) is 0 Å². The molecule has 0 aromatic rings. The average molecular weight is 214 g/mol. The Morgan fingerprint density at radius 3 is 1.33 bits per heavy atom. The summed E-state index contributed by atoms with van der Waals surface area (Å²) in [6, 6.07) is 0. The predicted octanol–water partition coefficient (Wildman–Crippen LogP) is 3.66. The molecule has 0 spiro atoms. The van der Waals surface area contributed by atoms with Gasteiger partial charge in [-0.3, -0.25) is 4.79 Å². The van der Waals surface area contributed by atoms with Crippen LogP contribution in [0.25, 0.3) is 0 Å². The summed E-state index contributed by atoms with van der Waals surface area (Å²) in [7, 11) is 0. The Morgan fingerprint density at radius 1 is 0.933 bits per heavy atom. The molecule has 2 heteroatoms. The molecule has 0 amide bonds. The summed E-state index contributed by atoms with van der Waals surface area (Å²) in [6.07, 6.45) is 0. The summed E-state index contributed by atoms with van der Waals surface area (Å²) in [6.45, 7) is 14.4. The molecule has 0 saturated carbocycles. The molecular formula is C13H26O2. The van der Waals surface area contributed by atoms with Gasteiger partial charge in [-0.05, 0) is 30.6 Å². The van der Waals surface area contributed by atoms with E-state index in [4.69, 9.17) is 0 Å².